The Kier molecular flexibility index (Phi) is 40.0. The number of fused-ring (bicyclic) bond motifs is 5. The number of ether oxygens (including phenoxy) is 6. The van der Waals surface area contributed by atoms with E-state index in [0.717, 1.165) is 232 Å². The van der Waals surface area contributed by atoms with Crippen LogP contribution in [0.1, 0.15) is 217 Å². The molecule has 5 fully saturated rings. The Balaban J connectivity index is 0.000000125. The molecule has 10 heterocycles. The molecule has 11 aliphatic rings. The first kappa shape index (κ1) is 102. The topological polar surface area (TPSA) is 207 Å². The molecule has 6 aromatic carbocycles. The second-order valence-electron chi connectivity index (χ2n) is 36.7. The number of thiazole rings is 3. The third-order valence-electron chi connectivity index (χ3n) is 26.7. The van der Waals surface area contributed by atoms with Crippen LogP contribution in [0.5, 0.6) is 34.5 Å². The molecule has 28 heteroatoms. The van der Waals surface area contributed by atoms with Gasteiger partial charge in [0.15, 0.2) is 11.5 Å². The van der Waals surface area contributed by atoms with E-state index in [1.807, 2.05) is 95.1 Å². The third-order valence-corrected chi connectivity index (χ3v) is 34.1. The van der Waals surface area contributed by atoms with E-state index in [4.69, 9.17) is 101 Å². The van der Waals surface area contributed by atoms with Gasteiger partial charge in [-0.15, -0.1) is 80.6 Å². The number of aromatic nitrogens is 3. The molecule has 0 radical (unpaired) electrons. The molecule has 0 spiro atoms. The molecule has 20 rings (SSSR count). The zero-order valence-electron chi connectivity index (χ0n) is 78.9. The second kappa shape index (κ2) is 52.9. The van der Waals surface area contributed by atoms with Gasteiger partial charge in [-0.2, -0.15) is 0 Å². The van der Waals surface area contributed by atoms with Crippen LogP contribution >= 0.6 is 105 Å². The van der Waals surface area contributed by atoms with E-state index in [1.165, 1.54) is 174 Å². The highest BCUT2D eigenvalue weighted by Gasteiger charge is 2.45. The summed E-state index contributed by atoms with van der Waals surface area (Å²) in [5, 5.41) is 20.5. The number of carbonyl (C=O) groups excluding carboxylic acids is 1. The van der Waals surface area contributed by atoms with Crippen LogP contribution in [0.4, 0.5) is 0 Å². The number of nitrogens with one attached hydrogen (secondary N) is 1. The Hall–Kier alpha value is -7.18. The molecule has 4 N–H and O–H groups in total. The standard InChI is InChI=1S/C24H29N3O2S.C21H28N2OS.C20H27N3OS.C16H20ClNO2S.C16H20ClNOS.C10H12ClNOS/c1-17-4-2-10-26(17)11-3-13-29-21-7-5-18(6-8-21)24-25-22-9-12-27(16-23(22)30-24)19-14-20(28)15-19;1-16-6-4-13-23(16)14-5-15-24-18-11-9-17(10-12-18)21-22-19-7-2-3-8-20(19)25-21;1-15-4-2-11-23(15)12-3-13-24-17-7-5-16(6-8-17)20-22-18-9-10-21-14-19(18)25-20;17-10-3-11-20-13-7-5-12(6-8-13)15-18-16(19)9-2-1-4-14(16)21-15;17-10-3-11-19-13-8-6-12(7-9-13)16-18-14-4-1-2-5-15(14)20-16;11-6-1-7-13-9-4-2-8(3-5-9)10(12)14/h5-8,14,17H,2-4,9-13,15-16H2,1H3;9-12,16H,2-8,13-15H2,1H3;5-8,15,21H,2-4,9-14H2,1H3;5-8,14,19H,1-4,9-11H2;6-9,14-15H,1-5,10-11H2;2-5H,1,6-7H2,(H2,12,14)/t17-;16-;15-;;;/m111.../s1. The van der Waals surface area contributed by atoms with Crippen LogP contribution in [-0.4, -0.2) is 211 Å². The summed E-state index contributed by atoms with van der Waals surface area (Å²) < 4.78 is 34.4. The minimum Gasteiger partial charge on any atom is -0.494 e. The van der Waals surface area contributed by atoms with Crippen LogP contribution in [-0.2, 0) is 43.6 Å². The predicted octanol–water partition coefficient (Wildman–Crippen LogP) is 23.6. The number of nitrogens with two attached hydrogens (primary N) is 1. The number of hydrogen-bond donors (Lipinski definition) is 3. The molecular formula is C107H136Cl3N11O8S6. The molecule has 135 heavy (non-hydrogen) atoms. The number of thioether (sulfide) groups is 2. The minimum absolute atomic E-state index is 0.223. The number of thiocarbonyl (C=S) groups is 1. The number of benzene rings is 6. The van der Waals surface area contributed by atoms with Gasteiger partial charge < -0.3 is 64.2 Å². The van der Waals surface area contributed by atoms with E-state index in [2.05, 4.69) is 136 Å². The maximum absolute atomic E-state index is 11.2. The van der Waals surface area contributed by atoms with Crippen molar-refractivity contribution in [3.63, 3.8) is 0 Å². The van der Waals surface area contributed by atoms with Crippen LogP contribution in [0, 0.1) is 0 Å². The molecule has 19 nitrogen and oxygen atoms in total. The highest BCUT2D eigenvalue weighted by atomic mass is 35.5. The quantitative estimate of drug-likeness (QED) is 0.0195. The lowest BCUT2D eigenvalue weighted by Crippen LogP contribution is -2.38. The zero-order chi connectivity index (χ0) is 93.5. The smallest absolute Gasteiger partial charge is 0.169 e. The first-order valence-electron chi connectivity index (χ1n) is 49.5. The van der Waals surface area contributed by atoms with E-state index >= 15 is 0 Å². The van der Waals surface area contributed by atoms with E-state index in [-0.39, 0.29) is 11.0 Å². The van der Waals surface area contributed by atoms with E-state index in [0.29, 0.717) is 54.9 Å². The van der Waals surface area contributed by atoms with Crippen molar-refractivity contribution >= 4 is 125 Å². The van der Waals surface area contributed by atoms with Gasteiger partial charge in [0.25, 0.3) is 0 Å². The van der Waals surface area contributed by atoms with Crippen molar-refractivity contribution in [1.82, 2.24) is 39.9 Å². The predicted molar refractivity (Wildman–Crippen MR) is 567 cm³/mol. The maximum Gasteiger partial charge on any atom is 0.169 e. The fourth-order valence-corrected chi connectivity index (χ4v) is 25.4. The number of alkyl halides is 3. The summed E-state index contributed by atoms with van der Waals surface area (Å²) in [5.74, 6) is 7.57. The first-order valence-corrected chi connectivity index (χ1v) is 55.8. The number of allylic oxidation sites excluding steroid dienone is 2. The van der Waals surface area contributed by atoms with Gasteiger partial charge >= 0.3 is 0 Å². The SMILES string of the molecule is C[C@@H]1CCCN1CCCOc1ccc(-c2nc3c(s2)CCCC3)cc1.C[C@@H]1CCCN1CCCOc1ccc(-c2nc3c(s2)CN(C2=CC(=O)C2)CC3)cc1.C[C@@H]1CCCN1CCCOc1ccc(-c2nc3c(s2)CNCC3)cc1.ClCCCOc1ccc(C2=NC3CCCCC3S2)cc1.NC(=S)c1ccc(OCCCCl)cc1.OC12CCCCC1SC(c1ccc(OCCCCl)cc1)=N2. The molecule has 0 amide bonds. The van der Waals surface area contributed by atoms with Crippen LogP contribution in [0.2, 0.25) is 0 Å². The summed E-state index contributed by atoms with van der Waals surface area (Å²) >= 11 is 30.8. The number of aliphatic hydroxyl groups is 1. The van der Waals surface area contributed by atoms with Gasteiger partial charge in [-0.3, -0.25) is 9.79 Å². The van der Waals surface area contributed by atoms with E-state index in [1.54, 1.807) is 29.2 Å². The van der Waals surface area contributed by atoms with Gasteiger partial charge in [-0.25, -0.2) is 19.9 Å². The zero-order valence-corrected chi connectivity index (χ0v) is 86.1. The molecule has 3 saturated heterocycles. The summed E-state index contributed by atoms with van der Waals surface area (Å²) in [5.41, 5.74) is 16.3. The highest BCUT2D eigenvalue weighted by molar-refractivity contribution is 8.15. The number of nitrogens with zero attached hydrogens (tertiary/aromatic N) is 9. The lowest BCUT2D eigenvalue weighted by atomic mass is 9.92. The van der Waals surface area contributed by atoms with Crippen molar-refractivity contribution in [2.24, 2.45) is 15.7 Å². The number of aliphatic imine (C=N–C) groups is 2. The molecule has 0 bridgehead atoms. The molecule has 7 atom stereocenters. The Labute approximate surface area is 841 Å². The number of likely N-dealkylation sites (tertiary alicyclic amines) is 3. The van der Waals surface area contributed by atoms with E-state index < -0.39 is 5.72 Å². The Morgan fingerprint density at radius 2 is 0.881 bits per heavy atom. The minimum atomic E-state index is -0.840. The second-order valence-corrected chi connectivity index (χ2v) is 44.0. The normalized spacial score (nSPS) is 21.5. The lowest BCUT2D eigenvalue weighted by Gasteiger charge is -2.32. The number of aryl methyl sites for hydroxylation is 2. The number of rotatable bonds is 34. The number of ketones is 1. The molecule has 2 saturated carbocycles. The lowest BCUT2D eigenvalue weighted by molar-refractivity contribution is -0.116. The fourth-order valence-electron chi connectivity index (χ4n) is 18.8. The number of carbonyl (C=O) groups is 1. The van der Waals surface area contributed by atoms with Crippen molar-refractivity contribution in [2.75, 3.05) is 110 Å². The largest absolute Gasteiger partial charge is 0.494 e. The molecule has 724 valence electrons. The van der Waals surface area contributed by atoms with Crippen molar-refractivity contribution < 1.29 is 38.3 Å². The van der Waals surface area contributed by atoms with Crippen molar-refractivity contribution in [1.29, 1.82) is 0 Å². The molecule has 4 unspecified atom stereocenters. The van der Waals surface area contributed by atoms with Crippen LogP contribution in [0.15, 0.2) is 167 Å². The van der Waals surface area contributed by atoms with Gasteiger partial charge in [0, 0.05) is 153 Å². The Bertz CT molecular complexity index is 5110. The van der Waals surface area contributed by atoms with Crippen molar-refractivity contribution in [3.05, 3.63) is 206 Å². The Morgan fingerprint density at radius 1 is 0.467 bits per heavy atom. The van der Waals surface area contributed by atoms with Gasteiger partial charge in [0.05, 0.1) is 86.0 Å². The molecule has 4 aliphatic carbocycles. The molecule has 3 aromatic heterocycles. The van der Waals surface area contributed by atoms with Gasteiger partial charge in [0.2, 0.25) is 0 Å². The van der Waals surface area contributed by atoms with Crippen molar-refractivity contribution in [3.8, 4) is 66.2 Å². The van der Waals surface area contributed by atoms with Crippen molar-refractivity contribution in [2.45, 2.75) is 248 Å². The van der Waals surface area contributed by atoms with Gasteiger partial charge in [-0.05, 0) is 321 Å². The summed E-state index contributed by atoms with van der Waals surface area (Å²) in [6, 6.07) is 51.7. The van der Waals surface area contributed by atoms with Crippen LogP contribution in [0.3, 0.4) is 0 Å². The van der Waals surface area contributed by atoms with Gasteiger partial charge in [-0.1, -0.05) is 43.2 Å². The van der Waals surface area contributed by atoms with Crippen LogP contribution < -0.4 is 39.5 Å². The van der Waals surface area contributed by atoms with Gasteiger partial charge in [0.1, 0.15) is 59.6 Å². The summed E-state index contributed by atoms with van der Waals surface area (Å²) in [7, 11) is 0. The number of halogens is 3. The monoisotopic (exact) mass is 2000 g/mol. The number of hydrogen-bond acceptors (Lipinski definition) is 24. The average molecular weight is 2000 g/mol. The summed E-state index contributed by atoms with van der Waals surface area (Å²) in [4.78, 5) is 50.0. The maximum atomic E-state index is 11.2. The molecule has 7 aliphatic heterocycles. The molecular weight excluding hydrogens is 1870 g/mol. The average Bonchev–Trinajstić information content (AvgIpc) is 1.62. The molecule has 9 aromatic rings. The third kappa shape index (κ3) is 30.2. The Morgan fingerprint density at radius 3 is 1.31 bits per heavy atom. The summed E-state index contributed by atoms with van der Waals surface area (Å²) in [6.45, 7) is 22.3. The fraction of sp³-hybridized carbons (Fsp3) is 0.523. The van der Waals surface area contributed by atoms with E-state index in [9.17, 15) is 9.90 Å². The van der Waals surface area contributed by atoms with Crippen LogP contribution in [0.25, 0.3) is 31.7 Å². The first-order chi connectivity index (χ1) is 66.0. The highest BCUT2D eigenvalue weighted by Crippen LogP contribution is 2.46. The summed E-state index contributed by atoms with van der Waals surface area (Å²) in [6.07, 6.45) is 32.6.